The third-order valence-corrected chi connectivity index (χ3v) is 8.11. The van der Waals surface area contributed by atoms with Gasteiger partial charge in [0, 0.05) is 46.8 Å². The molecular weight excluding hydrogens is 537 g/mol. The Morgan fingerprint density at radius 2 is 2.06 bits per heavy atom. The van der Waals surface area contributed by atoms with E-state index in [0.717, 1.165) is 63.2 Å². The maximum absolute atomic E-state index is 8.10. The second kappa shape index (κ2) is 9.52. The predicted molar refractivity (Wildman–Crippen MR) is 139 cm³/mol. The molecule has 174 valence electrons. The number of unbranched alkanes of at least 4 members (excludes halogenated alkanes) is 1. The molecule has 0 saturated carbocycles. The van der Waals surface area contributed by atoms with E-state index in [-0.39, 0.29) is 12.2 Å². The van der Waals surface area contributed by atoms with E-state index in [9.17, 15) is 0 Å². The number of nitrogens with one attached hydrogen (secondary N) is 2. The predicted octanol–water partition coefficient (Wildman–Crippen LogP) is 4.55. The molecule has 2 atom stereocenters. The molecule has 0 radical (unpaired) electrons. The molecule has 0 bridgehead atoms. The average molecular weight is 570 g/mol. The number of fused-ring (bicyclic) bond motifs is 2. The van der Waals surface area contributed by atoms with Crippen LogP contribution in [0.2, 0.25) is 0 Å². The Labute approximate surface area is 208 Å². The largest absolute Gasteiger partial charge is 0.449 e. The highest BCUT2D eigenvalue weighted by atomic mass is 127. The molecule has 0 aromatic heterocycles. The van der Waals surface area contributed by atoms with Crippen molar-refractivity contribution in [3.05, 3.63) is 27.5 Å². The van der Waals surface area contributed by atoms with Gasteiger partial charge in [-0.05, 0) is 66.0 Å². The zero-order valence-electron chi connectivity index (χ0n) is 19.1. The molecule has 4 N–H and O–H groups in total. The molecule has 4 rings (SSSR count). The summed E-state index contributed by atoms with van der Waals surface area (Å²) >= 11 is 4.00. The maximum Gasteiger partial charge on any atom is 0.246 e. The number of hydrogen-bond donors (Lipinski definition) is 3. The zero-order valence-corrected chi connectivity index (χ0v) is 22.0. The van der Waals surface area contributed by atoms with Crippen LogP contribution in [0.3, 0.4) is 0 Å². The van der Waals surface area contributed by atoms with E-state index in [1.165, 1.54) is 5.70 Å². The van der Waals surface area contributed by atoms with Crippen LogP contribution in [0.1, 0.15) is 47.0 Å². The summed E-state index contributed by atoms with van der Waals surface area (Å²) in [6, 6.07) is 4.02. The molecule has 0 aliphatic carbocycles. The second-order valence-corrected chi connectivity index (χ2v) is 11.3. The van der Waals surface area contributed by atoms with Gasteiger partial charge in [0.05, 0.1) is 6.17 Å². The van der Waals surface area contributed by atoms with Crippen molar-refractivity contribution in [2.24, 2.45) is 16.6 Å². The highest BCUT2D eigenvalue weighted by molar-refractivity contribution is 14.1. The Bertz CT molecular complexity index is 962. The minimum Gasteiger partial charge on any atom is -0.449 e. The molecule has 1 aromatic rings. The van der Waals surface area contributed by atoms with Gasteiger partial charge in [0.15, 0.2) is 16.7 Å². The molecule has 3 heterocycles. The number of nitrogens with zero attached hydrogens (tertiary/aromatic N) is 2. The first kappa shape index (κ1) is 23.8. The lowest BCUT2D eigenvalue weighted by Crippen LogP contribution is -2.50. The summed E-state index contributed by atoms with van der Waals surface area (Å²) in [7, 11) is 0. The number of amidine groups is 1. The normalized spacial score (nSPS) is 23.3. The van der Waals surface area contributed by atoms with Gasteiger partial charge in [0.25, 0.3) is 0 Å². The van der Waals surface area contributed by atoms with E-state index in [0.29, 0.717) is 5.92 Å². The summed E-state index contributed by atoms with van der Waals surface area (Å²) in [5.74, 6) is 1.23. The molecule has 0 spiro atoms. The quantitative estimate of drug-likeness (QED) is 0.254. The van der Waals surface area contributed by atoms with Crippen molar-refractivity contribution >= 4 is 45.2 Å². The van der Waals surface area contributed by atoms with Crippen LogP contribution in [0.15, 0.2) is 33.8 Å². The SMILES string of the molecule is CC(C)C(=N)CCCCN1C2=CCNC(N)C2N=C1Sc1cc2c(cc1I)OC(C)(C)O2. The molecule has 1 aromatic carbocycles. The lowest BCUT2D eigenvalue weighted by Gasteiger charge is -2.29. The van der Waals surface area contributed by atoms with Crippen molar-refractivity contribution in [1.82, 2.24) is 10.2 Å². The van der Waals surface area contributed by atoms with E-state index in [1.54, 1.807) is 11.8 Å². The number of aliphatic imine (C=N–C) groups is 1. The number of nitrogens with two attached hydrogens (primary N) is 1. The number of rotatable bonds is 7. The molecular formula is C23H32IN5O2S. The fourth-order valence-electron chi connectivity index (χ4n) is 4.01. The summed E-state index contributed by atoms with van der Waals surface area (Å²) < 4.78 is 12.9. The first-order chi connectivity index (χ1) is 15.1. The van der Waals surface area contributed by atoms with Gasteiger partial charge in [0.1, 0.15) is 6.04 Å². The molecule has 32 heavy (non-hydrogen) atoms. The van der Waals surface area contributed by atoms with E-state index < -0.39 is 5.79 Å². The van der Waals surface area contributed by atoms with Crippen molar-refractivity contribution in [2.75, 3.05) is 13.1 Å². The van der Waals surface area contributed by atoms with E-state index in [2.05, 4.69) is 58.8 Å². The molecule has 2 unspecified atom stereocenters. The van der Waals surface area contributed by atoms with Crippen LogP contribution < -0.4 is 20.5 Å². The summed E-state index contributed by atoms with van der Waals surface area (Å²) in [6.07, 6.45) is 4.89. The van der Waals surface area contributed by atoms with Crippen molar-refractivity contribution < 1.29 is 9.47 Å². The molecule has 7 nitrogen and oxygen atoms in total. The van der Waals surface area contributed by atoms with Crippen molar-refractivity contribution in [1.29, 1.82) is 5.41 Å². The second-order valence-electron chi connectivity index (χ2n) is 9.14. The fourth-order valence-corrected chi connectivity index (χ4v) is 5.78. The van der Waals surface area contributed by atoms with Gasteiger partial charge < -0.3 is 25.5 Å². The van der Waals surface area contributed by atoms with Gasteiger partial charge in [0.2, 0.25) is 5.79 Å². The highest BCUT2D eigenvalue weighted by Crippen LogP contribution is 2.45. The Morgan fingerprint density at radius 1 is 1.34 bits per heavy atom. The van der Waals surface area contributed by atoms with Crippen LogP contribution in [0, 0.1) is 14.9 Å². The molecule has 0 saturated heterocycles. The van der Waals surface area contributed by atoms with Crippen LogP contribution in [0.4, 0.5) is 0 Å². The van der Waals surface area contributed by atoms with Crippen LogP contribution in [-0.2, 0) is 0 Å². The number of halogens is 1. The Morgan fingerprint density at radius 3 is 2.78 bits per heavy atom. The van der Waals surface area contributed by atoms with Crippen molar-refractivity contribution in [3.63, 3.8) is 0 Å². The smallest absolute Gasteiger partial charge is 0.246 e. The Kier molecular flexibility index (Phi) is 7.09. The first-order valence-corrected chi connectivity index (χ1v) is 13.1. The standard InChI is InChI=1S/C23H32IN5O2S/c1-13(2)15(25)7-5-6-10-29-16-8-9-27-21(26)20(16)28-22(29)32-19-12-18-17(11-14(19)24)30-23(3,4)31-18/h8,11-13,20-21,25,27H,5-7,9-10,26H2,1-4H3. The first-order valence-electron chi connectivity index (χ1n) is 11.2. The molecule has 3 aliphatic rings. The minimum absolute atomic E-state index is 0.0641. The summed E-state index contributed by atoms with van der Waals surface area (Å²) in [5, 5.41) is 12.4. The van der Waals surface area contributed by atoms with Gasteiger partial charge in [-0.15, -0.1) is 0 Å². The zero-order chi connectivity index (χ0) is 23.0. The monoisotopic (exact) mass is 569 g/mol. The molecule has 0 fully saturated rings. The van der Waals surface area contributed by atoms with Crippen LogP contribution >= 0.6 is 34.4 Å². The summed E-state index contributed by atoms with van der Waals surface area (Å²) in [4.78, 5) is 8.42. The Hall–Kier alpha value is -1.30. The molecule has 9 heteroatoms. The third kappa shape index (κ3) is 5.10. The summed E-state index contributed by atoms with van der Waals surface area (Å²) in [5.41, 5.74) is 8.35. The average Bonchev–Trinajstić information content (AvgIpc) is 3.21. The number of ether oxygens (including phenoxy) is 2. The maximum atomic E-state index is 8.10. The van der Waals surface area contributed by atoms with Gasteiger partial charge in [-0.25, -0.2) is 4.99 Å². The van der Waals surface area contributed by atoms with E-state index >= 15 is 0 Å². The Balaban J connectivity index is 1.51. The van der Waals surface area contributed by atoms with Crippen LogP contribution in [-0.4, -0.2) is 46.9 Å². The highest BCUT2D eigenvalue weighted by Gasteiger charge is 2.37. The molecule has 0 amide bonds. The lowest BCUT2D eigenvalue weighted by molar-refractivity contribution is -0.0432. The van der Waals surface area contributed by atoms with Crippen LogP contribution in [0.25, 0.3) is 0 Å². The van der Waals surface area contributed by atoms with E-state index in [1.807, 2.05) is 19.9 Å². The topological polar surface area (TPSA) is 96.0 Å². The van der Waals surface area contributed by atoms with Gasteiger partial charge in [-0.1, -0.05) is 25.6 Å². The van der Waals surface area contributed by atoms with Gasteiger partial charge >= 0.3 is 0 Å². The summed E-state index contributed by atoms with van der Waals surface area (Å²) in [6.45, 7) is 9.64. The fraction of sp³-hybridized carbons (Fsp3) is 0.565. The van der Waals surface area contributed by atoms with Gasteiger partial charge in [-0.3, -0.25) is 5.32 Å². The lowest BCUT2D eigenvalue weighted by atomic mass is 10.0. The number of benzene rings is 1. The van der Waals surface area contributed by atoms with Crippen molar-refractivity contribution in [2.45, 2.75) is 69.8 Å². The third-order valence-electron chi connectivity index (χ3n) is 5.79. The van der Waals surface area contributed by atoms with Gasteiger partial charge in [-0.2, -0.15) is 0 Å². The number of thioether (sulfide) groups is 1. The van der Waals surface area contributed by atoms with Crippen molar-refractivity contribution in [3.8, 4) is 11.5 Å². The van der Waals surface area contributed by atoms with E-state index in [4.69, 9.17) is 25.6 Å². The number of hydrogen-bond acceptors (Lipinski definition) is 8. The molecule has 3 aliphatic heterocycles. The van der Waals surface area contributed by atoms with Crippen LogP contribution in [0.5, 0.6) is 11.5 Å². The minimum atomic E-state index is -0.645.